The van der Waals surface area contributed by atoms with E-state index in [1.165, 1.54) is 6.08 Å². The highest BCUT2D eigenvalue weighted by Gasteiger charge is 2.48. The lowest BCUT2D eigenvalue weighted by Gasteiger charge is -2.43. The van der Waals surface area contributed by atoms with Crippen LogP contribution in [-0.4, -0.2) is 25.1 Å². The number of ether oxygens (including phenoxy) is 2. The molecular formula is C16H12F6O3. The average Bonchev–Trinajstić information content (AvgIpc) is 2.52. The molecule has 1 aromatic rings. The Morgan fingerprint density at radius 1 is 0.960 bits per heavy atom. The van der Waals surface area contributed by atoms with Crippen LogP contribution in [0.3, 0.4) is 0 Å². The highest BCUT2D eigenvalue weighted by molar-refractivity contribution is 5.91. The summed E-state index contributed by atoms with van der Waals surface area (Å²) < 4.78 is 89.4. The van der Waals surface area contributed by atoms with E-state index in [2.05, 4.69) is 0 Å². The maximum absolute atomic E-state index is 13.1. The molecule has 136 valence electrons. The number of carbonyl (C=O) groups excluding carboxylic acids is 1. The number of hydrogen-bond acceptors (Lipinski definition) is 3. The first-order valence-electron chi connectivity index (χ1n) is 7.30. The first-order chi connectivity index (χ1) is 11.5. The largest absolute Gasteiger partial charge is 0.416 e. The molecule has 1 aliphatic carbocycles. The third-order valence-corrected chi connectivity index (χ3v) is 4.16. The summed E-state index contributed by atoms with van der Waals surface area (Å²) in [5, 5.41) is 0. The molecule has 3 rings (SSSR count). The summed E-state index contributed by atoms with van der Waals surface area (Å²) in [4.78, 5) is 11.6. The quantitative estimate of drug-likeness (QED) is 0.708. The lowest BCUT2D eigenvalue weighted by Crippen LogP contribution is -2.50. The van der Waals surface area contributed by atoms with Crippen molar-refractivity contribution in [1.82, 2.24) is 0 Å². The molecule has 0 aromatic heterocycles. The van der Waals surface area contributed by atoms with E-state index in [9.17, 15) is 31.1 Å². The second kappa shape index (κ2) is 5.84. The van der Waals surface area contributed by atoms with E-state index < -0.39 is 35.2 Å². The smallest absolute Gasteiger partial charge is 0.372 e. The van der Waals surface area contributed by atoms with Crippen LogP contribution in [0.5, 0.6) is 0 Å². The van der Waals surface area contributed by atoms with Gasteiger partial charge in [0.05, 0.1) is 24.3 Å². The van der Waals surface area contributed by atoms with Crippen LogP contribution in [0.2, 0.25) is 0 Å². The topological polar surface area (TPSA) is 35.5 Å². The zero-order chi connectivity index (χ0) is 18.5. The molecule has 0 unspecified atom stereocenters. The molecule has 0 spiro atoms. The van der Waals surface area contributed by atoms with Crippen molar-refractivity contribution in [3.05, 3.63) is 47.0 Å². The molecule has 2 aliphatic rings. The van der Waals surface area contributed by atoms with Gasteiger partial charge >= 0.3 is 12.4 Å². The molecule has 1 aliphatic heterocycles. The summed E-state index contributed by atoms with van der Waals surface area (Å²) in [5.41, 5.74) is -4.88. The van der Waals surface area contributed by atoms with Gasteiger partial charge in [-0.15, -0.1) is 0 Å². The number of ketones is 1. The minimum Gasteiger partial charge on any atom is -0.372 e. The fraction of sp³-hybridized carbons (Fsp3) is 0.438. The van der Waals surface area contributed by atoms with E-state index in [0.717, 1.165) is 6.08 Å². The van der Waals surface area contributed by atoms with E-state index in [1.807, 2.05) is 0 Å². The molecule has 0 bridgehead atoms. The molecule has 0 N–H and O–H groups in total. The normalized spacial score (nSPS) is 27.3. The summed E-state index contributed by atoms with van der Waals surface area (Å²) in [6.45, 7) is 0.0747. The number of benzene rings is 1. The highest BCUT2D eigenvalue weighted by Crippen LogP contribution is 2.44. The number of rotatable bonds is 1. The standard InChI is InChI=1S/C16H12F6O3/c17-15(18,19)10-5-9(6-11(7-10)16(20,21)22)14-2-1-12(23)8-13(14)24-3-4-25-14/h1-2,5-7,13H,3-4,8H2/t13-,14-/m0/s1. The van der Waals surface area contributed by atoms with Gasteiger partial charge in [0.2, 0.25) is 0 Å². The van der Waals surface area contributed by atoms with Crippen LogP contribution in [0.15, 0.2) is 30.4 Å². The molecule has 0 radical (unpaired) electrons. The Kier molecular flexibility index (Phi) is 4.19. The summed E-state index contributed by atoms with van der Waals surface area (Å²) in [6, 6.07) is 1.27. The number of fused-ring (bicyclic) bond motifs is 1. The summed E-state index contributed by atoms with van der Waals surface area (Å²) >= 11 is 0. The van der Waals surface area contributed by atoms with E-state index in [-0.39, 0.29) is 37.0 Å². The molecule has 0 saturated carbocycles. The van der Waals surface area contributed by atoms with E-state index in [0.29, 0.717) is 12.1 Å². The van der Waals surface area contributed by atoms with Crippen LogP contribution in [0.4, 0.5) is 26.3 Å². The Labute approximate surface area is 138 Å². The fourth-order valence-corrected chi connectivity index (χ4v) is 3.00. The average molecular weight is 366 g/mol. The maximum Gasteiger partial charge on any atom is 0.416 e. The lowest BCUT2D eigenvalue weighted by atomic mass is 9.79. The van der Waals surface area contributed by atoms with E-state index in [1.54, 1.807) is 0 Å². The van der Waals surface area contributed by atoms with Crippen molar-refractivity contribution in [2.75, 3.05) is 13.2 Å². The van der Waals surface area contributed by atoms with E-state index in [4.69, 9.17) is 9.47 Å². The Morgan fingerprint density at radius 3 is 2.12 bits per heavy atom. The van der Waals surface area contributed by atoms with Crippen molar-refractivity contribution in [2.45, 2.75) is 30.5 Å². The van der Waals surface area contributed by atoms with Crippen molar-refractivity contribution >= 4 is 5.78 Å². The third-order valence-electron chi connectivity index (χ3n) is 4.16. The zero-order valence-electron chi connectivity index (χ0n) is 12.6. The van der Waals surface area contributed by atoms with Gasteiger partial charge in [0.1, 0.15) is 11.7 Å². The van der Waals surface area contributed by atoms with Crippen molar-refractivity contribution in [3.8, 4) is 0 Å². The predicted molar refractivity (Wildman–Crippen MR) is 72.6 cm³/mol. The number of alkyl halides is 6. The van der Waals surface area contributed by atoms with Crippen LogP contribution in [-0.2, 0) is 32.2 Å². The Balaban J connectivity index is 2.21. The number of halogens is 6. The van der Waals surface area contributed by atoms with Gasteiger partial charge in [-0.1, -0.05) is 0 Å². The second-order valence-corrected chi connectivity index (χ2v) is 5.80. The number of allylic oxidation sites excluding steroid dienone is 1. The van der Waals surface area contributed by atoms with Gasteiger partial charge in [-0.3, -0.25) is 4.79 Å². The molecule has 1 heterocycles. The van der Waals surface area contributed by atoms with Gasteiger partial charge in [0.15, 0.2) is 5.78 Å². The van der Waals surface area contributed by atoms with Crippen LogP contribution in [0.1, 0.15) is 23.1 Å². The molecule has 1 fully saturated rings. The van der Waals surface area contributed by atoms with Gasteiger partial charge in [0.25, 0.3) is 0 Å². The Morgan fingerprint density at radius 2 is 1.56 bits per heavy atom. The van der Waals surface area contributed by atoms with Crippen LogP contribution < -0.4 is 0 Å². The van der Waals surface area contributed by atoms with Crippen molar-refractivity contribution in [1.29, 1.82) is 0 Å². The van der Waals surface area contributed by atoms with E-state index >= 15 is 0 Å². The molecule has 9 heteroatoms. The number of hydrogen-bond donors (Lipinski definition) is 0. The number of carbonyl (C=O) groups is 1. The molecule has 2 atom stereocenters. The van der Waals surface area contributed by atoms with Gasteiger partial charge in [0, 0.05) is 6.42 Å². The van der Waals surface area contributed by atoms with Crippen LogP contribution in [0.25, 0.3) is 0 Å². The zero-order valence-corrected chi connectivity index (χ0v) is 12.6. The molecular weight excluding hydrogens is 354 g/mol. The minimum absolute atomic E-state index is 0.0212. The van der Waals surface area contributed by atoms with Crippen molar-refractivity contribution in [2.24, 2.45) is 0 Å². The Bertz CT molecular complexity index is 689. The molecule has 25 heavy (non-hydrogen) atoms. The molecule has 1 saturated heterocycles. The SMILES string of the molecule is O=C1C=C[C@@]2(c3cc(C(F)(F)F)cc(C(F)(F)F)c3)OCCO[C@H]2C1. The van der Waals surface area contributed by atoms with Gasteiger partial charge in [-0.2, -0.15) is 26.3 Å². The fourth-order valence-electron chi connectivity index (χ4n) is 3.00. The maximum atomic E-state index is 13.1. The Hall–Kier alpha value is -1.87. The third kappa shape index (κ3) is 3.30. The van der Waals surface area contributed by atoms with Crippen molar-refractivity contribution < 1.29 is 40.6 Å². The summed E-state index contributed by atoms with van der Waals surface area (Å²) in [6.07, 6.45) is -8.83. The minimum atomic E-state index is -4.97. The highest BCUT2D eigenvalue weighted by atomic mass is 19.4. The van der Waals surface area contributed by atoms with Crippen molar-refractivity contribution in [3.63, 3.8) is 0 Å². The molecule has 1 aromatic carbocycles. The predicted octanol–water partition coefficient (Wildman–Crippen LogP) is 3.86. The summed E-state index contributed by atoms with van der Waals surface area (Å²) in [5.74, 6) is -0.339. The monoisotopic (exact) mass is 366 g/mol. The van der Waals surface area contributed by atoms with Crippen LogP contribution in [0, 0.1) is 0 Å². The summed E-state index contributed by atoms with van der Waals surface area (Å²) in [7, 11) is 0. The van der Waals surface area contributed by atoms with Gasteiger partial charge in [-0.05, 0) is 35.9 Å². The van der Waals surface area contributed by atoms with Gasteiger partial charge < -0.3 is 9.47 Å². The molecule has 3 nitrogen and oxygen atoms in total. The molecule has 0 amide bonds. The second-order valence-electron chi connectivity index (χ2n) is 5.80. The first kappa shape index (κ1) is 17.9. The van der Waals surface area contributed by atoms with Crippen LogP contribution >= 0.6 is 0 Å². The lowest BCUT2D eigenvalue weighted by molar-refractivity contribution is -0.191. The van der Waals surface area contributed by atoms with Gasteiger partial charge in [-0.25, -0.2) is 0 Å². The first-order valence-corrected chi connectivity index (χ1v) is 7.30.